The van der Waals surface area contributed by atoms with E-state index in [0.717, 1.165) is 29.7 Å². The molecule has 0 saturated carbocycles. The molecule has 1 heterocycles. The quantitative estimate of drug-likeness (QED) is 0.826. The average Bonchev–Trinajstić information content (AvgIpc) is 2.49. The highest BCUT2D eigenvalue weighted by Crippen LogP contribution is 2.22. The van der Waals surface area contributed by atoms with E-state index >= 15 is 0 Å². The van der Waals surface area contributed by atoms with Crippen LogP contribution in [0.3, 0.4) is 0 Å². The Morgan fingerprint density at radius 1 is 1.38 bits per heavy atom. The maximum atomic E-state index is 12.3. The molecular weight excluding hydrogens is 330 g/mol. The first-order valence-corrected chi connectivity index (χ1v) is 8.43. The van der Waals surface area contributed by atoms with Crippen LogP contribution < -0.4 is 10.6 Å². The van der Waals surface area contributed by atoms with Crippen LogP contribution in [0.2, 0.25) is 0 Å². The van der Waals surface area contributed by atoms with Crippen molar-refractivity contribution in [1.29, 1.82) is 0 Å². The number of piperidine rings is 1. The van der Waals surface area contributed by atoms with Gasteiger partial charge < -0.3 is 10.6 Å². The topological polar surface area (TPSA) is 44.4 Å². The van der Waals surface area contributed by atoms with E-state index in [2.05, 4.69) is 31.5 Å². The van der Waals surface area contributed by atoms with Crippen LogP contribution in [0.15, 0.2) is 28.7 Å². The summed E-state index contributed by atoms with van der Waals surface area (Å²) in [5.74, 6) is 0.0678. The summed E-state index contributed by atoms with van der Waals surface area (Å²) < 4.78 is 0.920. The molecule has 5 heteroatoms. The number of para-hydroxylation sites is 1. The summed E-state index contributed by atoms with van der Waals surface area (Å²) in [4.78, 5) is 14.6. The SMILES string of the molecule is CNCCC1CCCCN1CC(=O)Nc1ccccc1Br. The first-order chi connectivity index (χ1) is 10.2. The third-order valence-electron chi connectivity index (χ3n) is 3.97. The van der Waals surface area contributed by atoms with Gasteiger partial charge in [-0.1, -0.05) is 18.6 Å². The third kappa shape index (κ3) is 5.09. The van der Waals surface area contributed by atoms with E-state index < -0.39 is 0 Å². The van der Waals surface area contributed by atoms with E-state index in [1.54, 1.807) is 0 Å². The van der Waals surface area contributed by atoms with Gasteiger partial charge in [0.05, 0.1) is 12.2 Å². The van der Waals surface area contributed by atoms with Crippen molar-refractivity contribution < 1.29 is 4.79 Å². The fourth-order valence-electron chi connectivity index (χ4n) is 2.84. The van der Waals surface area contributed by atoms with Crippen molar-refractivity contribution in [2.24, 2.45) is 0 Å². The maximum Gasteiger partial charge on any atom is 0.238 e. The van der Waals surface area contributed by atoms with Crippen molar-refractivity contribution in [2.45, 2.75) is 31.7 Å². The molecule has 21 heavy (non-hydrogen) atoms. The number of likely N-dealkylation sites (tertiary alicyclic amines) is 1. The zero-order chi connectivity index (χ0) is 15.1. The molecule has 2 rings (SSSR count). The monoisotopic (exact) mass is 353 g/mol. The Kier molecular flexibility index (Phi) is 6.67. The first-order valence-electron chi connectivity index (χ1n) is 7.63. The highest BCUT2D eigenvalue weighted by molar-refractivity contribution is 9.10. The van der Waals surface area contributed by atoms with Crippen LogP contribution >= 0.6 is 15.9 Å². The van der Waals surface area contributed by atoms with Crippen LogP contribution in [0.5, 0.6) is 0 Å². The van der Waals surface area contributed by atoms with Gasteiger partial charge in [0.15, 0.2) is 0 Å². The van der Waals surface area contributed by atoms with Gasteiger partial charge in [-0.15, -0.1) is 0 Å². The second kappa shape index (κ2) is 8.51. The van der Waals surface area contributed by atoms with Crippen molar-refractivity contribution in [3.8, 4) is 0 Å². The third-order valence-corrected chi connectivity index (χ3v) is 4.66. The molecule has 1 aliphatic rings. The first kappa shape index (κ1) is 16.5. The smallest absolute Gasteiger partial charge is 0.238 e. The highest BCUT2D eigenvalue weighted by Gasteiger charge is 2.23. The molecule has 116 valence electrons. The molecule has 2 N–H and O–H groups in total. The molecule has 4 nitrogen and oxygen atoms in total. The highest BCUT2D eigenvalue weighted by atomic mass is 79.9. The van der Waals surface area contributed by atoms with Crippen molar-refractivity contribution in [3.05, 3.63) is 28.7 Å². The fraction of sp³-hybridized carbons (Fsp3) is 0.562. The number of carbonyl (C=O) groups is 1. The molecule has 1 aromatic carbocycles. The zero-order valence-electron chi connectivity index (χ0n) is 12.6. The molecule has 1 amide bonds. The Morgan fingerprint density at radius 3 is 2.95 bits per heavy atom. The van der Waals surface area contributed by atoms with Gasteiger partial charge in [0.2, 0.25) is 5.91 Å². The normalized spacial score (nSPS) is 19.4. The Balaban J connectivity index is 1.89. The van der Waals surface area contributed by atoms with Crippen molar-refractivity contribution in [1.82, 2.24) is 10.2 Å². The molecule has 1 aromatic rings. The number of halogens is 1. The lowest BCUT2D eigenvalue weighted by Gasteiger charge is -2.35. The van der Waals surface area contributed by atoms with Crippen LogP contribution in [-0.2, 0) is 4.79 Å². The molecule has 0 aromatic heterocycles. The number of nitrogens with one attached hydrogen (secondary N) is 2. The van der Waals surface area contributed by atoms with Crippen LogP contribution in [0.25, 0.3) is 0 Å². The van der Waals surface area contributed by atoms with Gasteiger partial charge in [-0.3, -0.25) is 9.69 Å². The lowest BCUT2D eigenvalue weighted by atomic mass is 9.99. The molecule has 1 aliphatic heterocycles. The second-order valence-electron chi connectivity index (χ2n) is 5.54. The van der Waals surface area contributed by atoms with E-state index in [1.165, 1.54) is 19.3 Å². The standard InChI is InChI=1S/C16H24BrN3O/c1-18-10-9-13-6-4-5-11-20(13)12-16(21)19-15-8-3-2-7-14(15)17/h2-3,7-8,13,18H,4-6,9-12H2,1H3,(H,19,21). The summed E-state index contributed by atoms with van der Waals surface area (Å²) >= 11 is 3.46. The summed E-state index contributed by atoms with van der Waals surface area (Å²) in [6.07, 6.45) is 4.78. The van der Waals surface area contributed by atoms with E-state index in [0.29, 0.717) is 12.6 Å². The lowest BCUT2D eigenvalue weighted by Crippen LogP contribution is -2.44. The van der Waals surface area contributed by atoms with E-state index in [1.807, 2.05) is 31.3 Å². The molecule has 1 fully saturated rings. The minimum atomic E-state index is 0.0678. The molecule has 1 saturated heterocycles. The predicted molar refractivity (Wildman–Crippen MR) is 90.5 cm³/mol. The van der Waals surface area contributed by atoms with Gasteiger partial charge in [-0.2, -0.15) is 0 Å². The molecule has 0 bridgehead atoms. The molecular formula is C16H24BrN3O. The fourth-order valence-corrected chi connectivity index (χ4v) is 3.23. The zero-order valence-corrected chi connectivity index (χ0v) is 14.2. The van der Waals surface area contributed by atoms with Gasteiger partial charge in [0.1, 0.15) is 0 Å². The summed E-state index contributed by atoms with van der Waals surface area (Å²) in [7, 11) is 1.98. The van der Waals surface area contributed by atoms with Crippen LogP contribution in [-0.4, -0.2) is 43.5 Å². The molecule has 1 unspecified atom stereocenters. The van der Waals surface area contributed by atoms with Crippen molar-refractivity contribution in [3.63, 3.8) is 0 Å². The van der Waals surface area contributed by atoms with Gasteiger partial charge >= 0.3 is 0 Å². The number of benzene rings is 1. The average molecular weight is 354 g/mol. The van der Waals surface area contributed by atoms with Gasteiger partial charge in [-0.25, -0.2) is 0 Å². The summed E-state index contributed by atoms with van der Waals surface area (Å²) in [6, 6.07) is 8.24. The van der Waals surface area contributed by atoms with E-state index in [9.17, 15) is 4.79 Å². The number of amides is 1. The summed E-state index contributed by atoms with van der Waals surface area (Å²) in [5.41, 5.74) is 0.839. The minimum absolute atomic E-state index is 0.0678. The number of hydrogen-bond donors (Lipinski definition) is 2. The van der Waals surface area contributed by atoms with Crippen molar-refractivity contribution in [2.75, 3.05) is 32.0 Å². The number of rotatable bonds is 6. The Labute approximate surface area is 135 Å². The van der Waals surface area contributed by atoms with E-state index in [-0.39, 0.29) is 5.91 Å². The maximum absolute atomic E-state index is 12.3. The Bertz CT molecular complexity index is 467. The second-order valence-corrected chi connectivity index (χ2v) is 6.39. The van der Waals surface area contributed by atoms with Crippen LogP contribution in [0, 0.1) is 0 Å². The Morgan fingerprint density at radius 2 is 2.19 bits per heavy atom. The molecule has 0 aliphatic carbocycles. The lowest BCUT2D eigenvalue weighted by molar-refractivity contribution is -0.118. The Hall–Kier alpha value is -0.910. The molecule has 0 radical (unpaired) electrons. The van der Waals surface area contributed by atoms with Crippen molar-refractivity contribution >= 4 is 27.5 Å². The molecule has 0 spiro atoms. The summed E-state index contributed by atoms with van der Waals surface area (Å²) in [5, 5.41) is 6.19. The van der Waals surface area contributed by atoms with Gasteiger partial charge in [0.25, 0.3) is 0 Å². The minimum Gasteiger partial charge on any atom is -0.324 e. The van der Waals surface area contributed by atoms with Crippen LogP contribution in [0.1, 0.15) is 25.7 Å². The van der Waals surface area contributed by atoms with E-state index in [4.69, 9.17) is 0 Å². The molecule has 1 atom stereocenters. The summed E-state index contributed by atoms with van der Waals surface area (Å²) in [6.45, 7) is 2.51. The van der Waals surface area contributed by atoms with Gasteiger partial charge in [-0.05, 0) is 67.5 Å². The van der Waals surface area contributed by atoms with Crippen LogP contribution in [0.4, 0.5) is 5.69 Å². The number of hydrogen-bond acceptors (Lipinski definition) is 3. The predicted octanol–water partition coefficient (Wildman–Crippen LogP) is 2.85. The number of anilines is 1. The van der Waals surface area contributed by atoms with Gasteiger partial charge in [0, 0.05) is 10.5 Å². The number of nitrogens with zero attached hydrogens (tertiary/aromatic N) is 1. The largest absolute Gasteiger partial charge is 0.324 e. The number of carbonyl (C=O) groups excluding carboxylic acids is 1.